The summed E-state index contributed by atoms with van der Waals surface area (Å²) in [7, 11) is 0. The van der Waals surface area contributed by atoms with E-state index in [1.165, 1.54) is 11.3 Å². The number of hydrogen-bond donors (Lipinski definition) is 1. The van der Waals surface area contributed by atoms with Crippen molar-refractivity contribution in [3.63, 3.8) is 0 Å². The van der Waals surface area contributed by atoms with Gasteiger partial charge in [-0.15, -0.1) is 11.3 Å². The average Bonchev–Trinajstić information content (AvgIpc) is 3.25. The van der Waals surface area contributed by atoms with Crippen molar-refractivity contribution < 1.29 is 9.21 Å². The maximum Gasteiger partial charge on any atom is 0.226 e. The largest absolute Gasteiger partial charge is 0.469 e. The number of hydrogen-bond acceptors (Lipinski definition) is 4. The van der Waals surface area contributed by atoms with Gasteiger partial charge >= 0.3 is 0 Å². The molecule has 0 aliphatic heterocycles. The summed E-state index contributed by atoms with van der Waals surface area (Å²) >= 11 is 13.9. The fraction of sp³-hybridized carbons (Fsp3) is 0.263. The average molecular weight is 409 g/mol. The molecule has 0 aliphatic rings. The molecule has 0 saturated heterocycles. The normalized spacial score (nSPS) is 12.1. The first-order valence-corrected chi connectivity index (χ1v) is 9.87. The van der Waals surface area contributed by atoms with E-state index in [9.17, 15) is 4.79 Å². The van der Waals surface area contributed by atoms with Crippen LogP contribution in [-0.4, -0.2) is 16.9 Å². The first kappa shape index (κ1) is 19.0. The molecule has 3 aromatic rings. The highest BCUT2D eigenvalue weighted by molar-refractivity contribution is 7.13. The second-order valence-electron chi connectivity index (χ2n) is 6.00. The second-order valence-corrected chi connectivity index (χ2v) is 7.68. The molecule has 4 nitrogen and oxygen atoms in total. The number of aryl methyl sites for hydroxylation is 1. The summed E-state index contributed by atoms with van der Waals surface area (Å²) in [5, 5.41) is 6.68. The van der Waals surface area contributed by atoms with Crippen molar-refractivity contribution in [1.29, 1.82) is 0 Å². The van der Waals surface area contributed by atoms with Crippen molar-refractivity contribution in [1.82, 2.24) is 10.3 Å². The van der Waals surface area contributed by atoms with Crippen LogP contribution >= 0.6 is 34.5 Å². The Kier molecular flexibility index (Phi) is 6.35. The third-order valence-electron chi connectivity index (χ3n) is 3.88. The lowest BCUT2D eigenvalue weighted by Crippen LogP contribution is -2.34. The molecule has 1 atom stereocenters. The quantitative estimate of drug-likeness (QED) is 0.569. The molecule has 136 valence electrons. The van der Waals surface area contributed by atoms with E-state index in [4.69, 9.17) is 27.6 Å². The predicted molar refractivity (Wildman–Crippen MR) is 106 cm³/mol. The number of furan rings is 1. The third-order valence-corrected chi connectivity index (χ3v) is 5.42. The zero-order chi connectivity index (χ0) is 18.5. The fourth-order valence-corrected chi connectivity index (χ4v) is 4.16. The van der Waals surface area contributed by atoms with Crippen molar-refractivity contribution in [3.8, 4) is 10.6 Å². The van der Waals surface area contributed by atoms with Crippen molar-refractivity contribution in [2.75, 3.05) is 0 Å². The first-order chi connectivity index (χ1) is 12.5. The molecular weight excluding hydrogens is 391 g/mol. The van der Waals surface area contributed by atoms with E-state index in [0.717, 1.165) is 18.6 Å². The molecule has 7 heteroatoms. The van der Waals surface area contributed by atoms with Crippen LogP contribution in [0.25, 0.3) is 10.6 Å². The summed E-state index contributed by atoms with van der Waals surface area (Å²) < 4.78 is 5.31. The lowest BCUT2D eigenvalue weighted by atomic mass is 10.1. The number of nitrogens with zero attached hydrogens (tertiary/aromatic N) is 1. The van der Waals surface area contributed by atoms with Gasteiger partial charge in [-0.25, -0.2) is 4.98 Å². The molecule has 0 unspecified atom stereocenters. The van der Waals surface area contributed by atoms with Gasteiger partial charge in [0.05, 0.1) is 28.4 Å². The van der Waals surface area contributed by atoms with Crippen LogP contribution in [0.2, 0.25) is 10.0 Å². The number of rotatable bonds is 7. The fourth-order valence-electron chi connectivity index (χ4n) is 2.58. The highest BCUT2D eigenvalue weighted by Gasteiger charge is 2.15. The standard InChI is InChI=1S/C19H18Cl2N2O2S/c1-12(7-8-14-4-3-9-25-14)22-17(24)10-13-11-26-19(23-13)18-15(20)5-2-6-16(18)21/h2-6,9,11-12H,7-8,10H2,1H3,(H,22,24)/t12-/m0/s1. The van der Waals surface area contributed by atoms with Gasteiger partial charge in [0, 0.05) is 23.4 Å². The molecule has 3 rings (SSSR count). The zero-order valence-corrected chi connectivity index (χ0v) is 16.5. The Morgan fingerprint density at radius 1 is 1.27 bits per heavy atom. The molecule has 0 fully saturated rings. The van der Waals surface area contributed by atoms with E-state index in [-0.39, 0.29) is 18.4 Å². The minimum Gasteiger partial charge on any atom is -0.469 e. The number of aromatic nitrogens is 1. The Hall–Kier alpha value is -1.82. The maximum absolute atomic E-state index is 12.2. The van der Waals surface area contributed by atoms with Gasteiger partial charge in [-0.3, -0.25) is 4.79 Å². The Morgan fingerprint density at radius 2 is 2.04 bits per heavy atom. The SMILES string of the molecule is C[C@@H](CCc1ccco1)NC(=O)Cc1csc(-c2c(Cl)cccc2Cl)n1. The molecule has 0 bridgehead atoms. The van der Waals surface area contributed by atoms with E-state index >= 15 is 0 Å². The highest BCUT2D eigenvalue weighted by Crippen LogP contribution is 2.36. The van der Waals surface area contributed by atoms with Crippen LogP contribution < -0.4 is 5.32 Å². The third kappa shape index (κ3) is 4.87. The summed E-state index contributed by atoms with van der Waals surface area (Å²) in [5.41, 5.74) is 1.41. The minimum atomic E-state index is -0.0564. The van der Waals surface area contributed by atoms with Crippen LogP contribution in [0.3, 0.4) is 0 Å². The van der Waals surface area contributed by atoms with Gasteiger partial charge in [0.2, 0.25) is 5.91 Å². The Morgan fingerprint density at radius 3 is 2.73 bits per heavy atom. The molecule has 2 heterocycles. The van der Waals surface area contributed by atoms with E-state index < -0.39 is 0 Å². The Bertz CT molecular complexity index is 857. The van der Waals surface area contributed by atoms with E-state index in [0.29, 0.717) is 26.3 Å². The Labute approximate surface area is 166 Å². The number of nitrogens with one attached hydrogen (secondary N) is 1. The molecule has 0 radical (unpaired) electrons. The van der Waals surface area contributed by atoms with Crippen molar-refractivity contribution in [2.24, 2.45) is 0 Å². The van der Waals surface area contributed by atoms with Crippen LogP contribution in [-0.2, 0) is 17.6 Å². The van der Waals surface area contributed by atoms with Crippen LogP contribution in [0.15, 0.2) is 46.4 Å². The van der Waals surface area contributed by atoms with Crippen molar-refractivity contribution in [3.05, 3.63) is 63.5 Å². The summed E-state index contributed by atoms with van der Waals surface area (Å²) in [6.45, 7) is 1.98. The number of carbonyl (C=O) groups is 1. The molecule has 0 saturated carbocycles. The molecule has 0 aliphatic carbocycles. The lowest BCUT2D eigenvalue weighted by Gasteiger charge is -2.12. The van der Waals surface area contributed by atoms with Gasteiger partial charge in [0.25, 0.3) is 0 Å². The van der Waals surface area contributed by atoms with E-state index in [1.807, 2.05) is 24.4 Å². The van der Waals surface area contributed by atoms with Gasteiger partial charge in [0.15, 0.2) is 0 Å². The van der Waals surface area contributed by atoms with Crippen molar-refractivity contribution >= 4 is 40.4 Å². The summed E-state index contributed by atoms with van der Waals surface area (Å²) in [4.78, 5) is 16.8. The number of carbonyl (C=O) groups excluding carboxylic acids is 1. The minimum absolute atomic E-state index is 0.0564. The summed E-state index contributed by atoms with van der Waals surface area (Å²) in [5.74, 6) is 0.867. The highest BCUT2D eigenvalue weighted by atomic mass is 35.5. The number of benzene rings is 1. The van der Waals surface area contributed by atoms with Gasteiger partial charge in [-0.2, -0.15) is 0 Å². The lowest BCUT2D eigenvalue weighted by molar-refractivity contribution is -0.121. The number of thiazole rings is 1. The van der Waals surface area contributed by atoms with Gasteiger partial charge in [-0.05, 0) is 37.6 Å². The molecule has 0 spiro atoms. The molecule has 1 amide bonds. The molecule has 26 heavy (non-hydrogen) atoms. The van der Waals surface area contributed by atoms with Gasteiger partial charge < -0.3 is 9.73 Å². The van der Waals surface area contributed by atoms with E-state index in [2.05, 4.69) is 10.3 Å². The van der Waals surface area contributed by atoms with Gasteiger partial charge in [-0.1, -0.05) is 29.3 Å². The second kappa shape index (κ2) is 8.71. The molecule has 1 N–H and O–H groups in total. The number of amides is 1. The van der Waals surface area contributed by atoms with E-state index in [1.54, 1.807) is 24.5 Å². The Balaban J connectivity index is 1.56. The predicted octanol–water partition coefficient (Wildman–Crippen LogP) is 5.39. The van der Waals surface area contributed by atoms with Crippen molar-refractivity contribution in [2.45, 2.75) is 32.2 Å². The van der Waals surface area contributed by atoms with Crippen LogP contribution in [0, 0.1) is 0 Å². The van der Waals surface area contributed by atoms with Crippen LogP contribution in [0.5, 0.6) is 0 Å². The zero-order valence-electron chi connectivity index (χ0n) is 14.2. The molecule has 2 aromatic heterocycles. The topological polar surface area (TPSA) is 55.1 Å². The monoisotopic (exact) mass is 408 g/mol. The summed E-state index contributed by atoms with van der Waals surface area (Å²) in [6, 6.07) is 9.20. The van der Waals surface area contributed by atoms with Crippen LogP contribution in [0.1, 0.15) is 24.8 Å². The molecular formula is C19H18Cl2N2O2S. The molecule has 1 aromatic carbocycles. The summed E-state index contributed by atoms with van der Waals surface area (Å²) in [6.07, 6.45) is 3.49. The first-order valence-electron chi connectivity index (χ1n) is 8.23. The van der Waals surface area contributed by atoms with Crippen LogP contribution in [0.4, 0.5) is 0 Å². The maximum atomic E-state index is 12.2. The smallest absolute Gasteiger partial charge is 0.226 e. The number of halogens is 2. The van der Waals surface area contributed by atoms with Gasteiger partial charge in [0.1, 0.15) is 10.8 Å².